The third-order valence-electron chi connectivity index (χ3n) is 5.32. The van der Waals surface area contributed by atoms with Gasteiger partial charge in [-0.25, -0.2) is 4.98 Å². The van der Waals surface area contributed by atoms with Gasteiger partial charge in [-0.1, -0.05) is 42.1 Å². The number of aromatic nitrogens is 3. The van der Waals surface area contributed by atoms with Gasteiger partial charge in [0.15, 0.2) is 10.9 Å². The van der Waals surface area contributed by atoms with Gasteiger partial charge < -0.3 is 4.57 Å². The third-order valence-corrected chi connectivity index (χ3v) is 7.24. The van der Waals surface area contributed by atoms with Crippen molar-refractivity contribution in [2.45, 2.75) is 32.0 Å². The molecule has 0 radical (unpaired) electrons. The third kappa shape index (κ3) is 4.00. The highest BCUT2D eigenvalue weighted by molar-refractivity contribution is 7.99. The number of thiophene rings is 1. The number of rotatable bonds is 7. The molecule has 0 saturated carbocycles. The number of benzene rings is 1. The standard InChI is InChI=1S/C23H23N3O2S2/c1-15-13-18(16(2)26(15)11-9-17-7-5-4-6-8-17)20(27)14-30-23-24-19-10-12-29-21(19)22(28)25(23)3/h4-8,10,12-13H,9,11,14H2,1-3H3. The molecule has 0 bridgehead atoms. The van der Waals surface area contributed by atoms with Crippen molar-refractivity contribution in [3.8, 4) is 0 Å². The van der Waals surface area contributed by atoms with E-state index in [1.54, 1.807) is 7.05 Å². The van der Waals surface area contributed by atoms with Crippen LogP contribution in [0.1, 0.15) is 27.3 Å². The van der Waals surface area contributed by atoms with Crippen LogP contribution in [0.3, 0.4) is 0 Å². The molecule has 154 valence electrons. The summed E-state index contributed by atoms with van der Waals surface area (Å²) in [5.41, 5.74) is 4.73. The number of Topliss-reactive ketones (excluding diaryl/α,β-unsaturated/α-hetero) is 1. The first kappa shape index (κ1) is 20.6. The van der Waals surface area contributed by atoms with Gasteiger partial charge in [-0.15, -0.1) is 11.3 Å². The zero-order chi connectivity index (χ0) is 21.3. The summed E-state index contributed by atoms with van der Waals surface area (Å²) in [7, 11) is 1.71. The Hall–Kier alpha value is -2.64. The monoisotopic (exact) mass is 437 g/mol. The van der Waals surface area contributed by atoms with Gasteiger partial charge >= 0.3 is 0 Å². The molecule has 0 amide bonds. The van der Waals surface area contributed by atoms with Crippen LogP contribution in [0.2, 0.25) is 0 Å². The second kappa shape index (κ2) is 8.62. The highest BCUT2D eigenvalue weighted by Crippen LogP contribution is 2.23. The fourth-order valence-corrected chi connectivity index (χ4v) is 5.28. The Balaban J connectivity index is 1.49. The number of fused-ring (bicyclic) bond motifs is 1. The Kier molecular flexibility index (Phi) is 5.92. The minimum Gasteiger partial charge on any atom is -0.348 e. The van der Waals surface area contributed by atoms with E-state index in [9.17, 15) is 9.59 Å². The Morgan fingerprint density at radius 2 is 1.93 bits per heavy atom. The molecule has 0 N–H and O–H groups in total. The maximum absolute atomic E-state index is 12.9. The molecule has 0 aliphatic heterocycles. The molecule has 0 aliphatic carbocycles. The van der Waals surface area contributed by atoms with Crippen LogP contribution in [0, 0.1) is 13.8 Å². The molecular weight excluding hydrogens is 414 g/mol. The molecule has 4 rings (SSSR count). The number of hydrogen-bond acceptors (Lipinski definition) is 5. The van der Waals surface area contributed by atoms with Crippen LogP contribution in [0.4, 0.5) is 0 Å². The van der Waals surface area contributed by atoms with Crippen LogP contribution in [-0.2, 0) is 20.0 Å². The molecular formula is C23H23N3O2S2. The summed E-state index contributed by atoms with van der Waals surface area (Å²) in [6.07, 6.45) is 0.923. The fraction of sp³-hybridized carbons (Fsp3) is 0.261. The van der Waals surface area contributed by atoms with Gasteiger partial charge in [-0.3, -0.25) is 14.2 Å². The van der Waals surface area contributed by atoms with Gasteiger partial charge in [0.05, 0.1) is 11.3 Å². The number of hydrogen-bond donors (Lipinski definition) is 0. The van der Waals surface area contributed by atoms with E-state index in [4.69, 9.17) is 0 Å². The predicted molar refractivity (Wildman–Crippen MR) is 124 cm³/mol. The van der Waals surface area contributed by atoms with Crippen molar-refractivity contribution in [1.29, 1.82) is 0 Å². The van der Waals surface area contributed by atoms with Crippen molar-refractivity contribution in [3.63, 3.8) is 0 Å². The van der Waals surface area contributed by atoms with Crippen molar-refractivity contribution in [3.05, 3.63) is 80.7 Å². The molecule has 0 spiro atoms. The number of carbonyl (C=O) groups excluding carboxylic acids is 1. The van der Waals surface area contributed by atoms with Crippen LogP contribution < -0.4 is 5.56 Å². The molecule has 0 atom stereocenters. The molecule has 5 nitrogen and oxygen atoms in total. The normalized spacial score (nSPS) is 11.3. The summed E-state index contributed by atoms with van der Waals surface area (Å²) in [5.74, 6) is 0.303. The number of ketones is 1. The van der Waals surface area contributed by atoms with Crippen molar-refractivity contribution in [2.24, 2.45) is 7.05 Å². The summed E-state index contributed by atoms with van der Waals surface area (Å²) in [6, 6.07) is 14.2. The average molecular weight is 438 g/mol. The topological polar surface area (TPSA) is 56.9 Å². The molecule has 0 aliphatic rings. The van der Waals surface area contributed by atoms with Gasteiger partial charge in [0, 0.05) is 30.5 Å². The van der Waals surface area contributed by atoms with Crippen molar-refractivity contribution in [1.82, 2.24) is 14.1 Å². The summed E-state index contributed by atoms with van der Waals surface area (Å²) >= 11 is 2.71. The lowest BCUT2D eigenvalue weighted by molar-refractivity contribution is 0.102. The Labute approximate surface area is 183 Å². The van der Waals surface area contributed by atoms with Gasteiger partial charge in [0.2, 0.25) is 0 Å². The maximum atomic E-state index is 12.9. The van der Waals surface area contributed by atoms with Gasteiger partial charge in [0.25, 0.3) is 5.56 Å². The number of carbonyl (C=O) groups is 1. The number of nitrogens with zero attached hydrogens (tertiary/aromatic N) is 3. The van der Waals surface area contributed by atoms with Crippen molar-refractivity contribution in [2.75, 3.05) is 5.75 Å². The quantitative estimate of drug-likeness (QED) is 0.240. The maximum Gasteiger partial charge on any atom is 0.271 e. The Morgan fingerprint density at radius 1 is 1.17 bits per heavy atom. The molecule has 1 aromatic carbocycles. The second-order valence-electron chi connectivity index (χ2n) is 7.28. The van der Waals surface area contributed by atoms with Gasteiger partial charge in [0.1, 0.15) is 4.70 Å². The highest BCUT2D eigenvalue weighted by atomic mass is 32.2. The molecule has 0 fully saturated rings. The molecule has 7 heteroatoms. The zero-order valence-electron chi connectivity index (χ0n) is 17.2. The predicted octanol–water partition coefficient (Wildman–Crippen LogP) is 4.63. The molecule has 4 aromatic rings. The smallest absolute Gasteiger partial charge is 0.271 e. The first-order chi connectivity index (χ1) is 14.5. The van der Waals surface area contributed by atoms with Crippen molar-refractivity contribution >= 4 is 39.1 Å². The van der Waals surface area contributed by atoms with Crippen LogP contribution >= 0.6 is 23.1 Å². The number of aryl methyl sites for hydroxylation is 2. The average Bonchev–Trinajstić information content (AvgIpc) is 3.33. The highest BCUT2D eigenvalue weighted by Gasteiger charge is 2.17. The zero-order valence-corrected chi connectivity index (χ0v) is 18.8. The second-order valence-corrected chi connectivity index (χ2v) is 9.14. The first-order valence-electron chi connectivity index (χ1n) is 9.76. The molecule has 3 aromatic heterocycles. The number of thioether (sulfide) groups is 1. The van der Waals surface area contributed by atoms with E-state index in [2.05, 4.69) is 21.7 Å². The minimum atomic E-state index is -0.0657. The van der Waals surface area contributed by atoms with E-state index in [0.29, 0.717) is 15.4 Å². The van der Waals surface area contributed by atoms with E-state index in [1.165, 1.54) is 33.2 Å². The summed E-state index contributed by atoms with van der Waals surface area (Å²) in [6.45, 7) is 4.88. The van der Waals surface area contributed by atoms with Crippen LogP contribution in [0.5, 0.6) is 0 Å². The Morgan fingerprint density at radius 3 is 2.70 bits per heavy atom. The summed E-state index contributed by atoms with van der Waals surface area (Å²) < 4.78 is 4.38. The van der Waals surface area contributed by atoms with E-state index in [-0.39, 0.29) is 17.1 Å². The SMILES string of the molecule is Cc1cc(C(=O)CSc2nc3ccsc3c(=O)n2C)c(C)n1CCc1ccccc1. The molecule has 30 heavy (non-hydrogen) atoms. The van der Waals surface area contributed by atoms with Crippen LogP contribution in [-0.4, -0.2) is 25.7 Å². The van der Waals surface area contributed by atoms with Crippen LogP contribution in [0.15, 0.2) is 57.8 Å². The minimum absolute atomic E-state index is 0.0544. The van der Waals surface area contributed by atoms with Crippen molar-refractivity contribution < 1.29 is 4.79 Å². The lowest BCUT2D eigenvalue weighted by Gasteiger charge is -2.10. The first-order valence-corrected chi connectivity index (χ1v) is 11.6. The van der Waals surface area contributed by atoms with E-state index in [1.807, 2.05) is 49.6 Å². The van der Waals surface area contributed by atoms with E-state index < -0.39 is 0 Å². The van der Waals surface area contributed by atoms with E-state index in [0.717, 1.165) is 29.9 Å². The summed E-state index contributed by atoms with van der Waals surface area (Å²) in [5, 5.41) is 2.43. The van der Waals surface area contributed by atoms with E-state index >= 15 is 0 Å². The lowest BCUT2D eigenvalue weighted by Crippen LogP contribution is -2.19. The van der Waals surface area contributed by atoms with Gasteiger partial charge in [-0.2, -0.15) is 0 Å². The largest absolute Gasteiger partial charge is 0.348 e. The lowest BCUT2D eigenvalue weighted by atomic mass is 10.1. The summed E-state index contributed by atoms with van der Waals surface area (Å²) in [4.78, 5) is 29.9. The molecule has 0 unspecified atom stereocenters. The van der Waals surface area contributed by atoms with Crippen LogP contribution in [0.25, 0.3) is 10.2 Å². The molecule has 3 heterocycles. The van der Waals surface area contributed by atoms with Gasteiger partial charge in [-0.05, 0) is 43.3 Å². The fourth-order valence-electron chi connectivity index (χ4n) is 3.62. The Bertz CT molecular complexity index is 1270. The molecule has 0 saturated heterocycles.